The maximum atomic E-state index is 12.7. The van der Waals surface area contributed by atoms with Crippen molar-refractivity contribution >= 4 is 0 Å². The van der Waals surface area contributed by atoms with Crippen LogP contribution in [0.25, 0.3) is 0 Å². The third-order valence-corrected chi connectivity index (χ3v) is 4.77. The second kappa shape index (κ2) is 5.40. The van der Waals surface area contributed by atoms with Crippen molar-refractivity contribution in [3.63, 3.8) is 0 Å². The second-order valence-electron chi connectivity index (χ2n) is 6.50. The third kappa shape index (κ3) is 3.62. The van der Waals surface area contributed by atoms with Gasteiger partial charge in [-0.25, -0.2) is 0 Å². The fourth-order valence-electron chi connectivity index (χ4n) is 3.47. The quantitative estimate of drug-likeness (QED) is 0.801. The van der Waals surface area contributed by atoms with Crippen molar-refractivity contribution in [2.45, 2.75) is 70.5 Å². The molecule has 2 aliphatic carbocycles. The van der Waals surface area contributed by atoms with Gasteiger partial charge in [-0.2, -0.15) is 13.2 Å². The van der Waals surface area contributed by atoms with Crippen LogP contribution in [0.2, 0.25) is 0 Å². The van der Waals surface area contributed by atoms with Gasteiger partial charge in [0.05, 0.1) is 5.92 Å². The summed E-state index contributed by atoms with van der Waals surface area (Å²) in [7, 11) is 0. The van der Waals surface area contributed by atoms with Crippen LogP contribution in [0.3, 0.4) is 0 Å². The number of halogens is 3. The average molecular weight is 263 g/mol. The molecule has 0 aromatic heterocycles. The van der Waals surface area contributed by atoms with Crippen molar-refractivity contribution in [3.8, 4) is 0 Å². The van der Waals surface area contributed by atoms with Crippen LogP contribution >= 0.6 is 0 Å². The van der Waals surface area contributed by atoms with Gasteiger partial charge in [0.2, 0.25) is 0 Å². The molecule has 2 unspecified atom stereocenters. The Morgan fingerprint density at radius 1 is 1.11 bits per heavy atom. The Labute approximate surface area is 108 Å². The first-order valence-electron chi connectivity index (χ1n) is 7.19. The van der Waals surface area contributed by atoms with Gasteiger partial charge in [0.25, 0.3) is 0 Å². The van der Waals surface area contributed by atoms with E-state index in [0.29, 0.717) is 18.3 Å². The van der Waals surface area contributed by atoms with Gasteiger partial charge in [0, 0.05) is 12.6 Å². The highest BCUT2D eigenvalue weighted by molar-refractivity contribution is 4.87. The maximum absolute atomic E-state index is 12.7. The number of hydrogen-bond donors (Lipinski definition) is 1. The summed E-state index contributed by atoms with van der Waals surface area (Å²) >= 11 is 0. The summed E-state index contributed by atoms with van der Waals surface area (Å²) < 4.78 is 38.1. The fraction of sp³-hybridized carbons (Fsp3) is 1.00. The number of rotatable bonds is 3. The topological polar surface area (TPSA) is 12.0 Å². The van der Waals surface area contributed by atoms with Gasteiger partial charge in [-0.05, 0) is 37.5 Å². The van der Waals surface area contributed by atoms with E-state index in [1.54, 1.807) is 0 Å². The molecule has 0 heterocycles. The minimum atomic E-state index is -4.00. The van der Waals surface area contributed by atoms with Crippen LogP contribution < -0.4 is 5.32 Å². The van der Waals surface area contributed by atoms with Crippen LogP contribution in [0, 0.1) is 11.3 Å². The predicted molar refractivity (Wildman–Crippen MR) is 66.4 cm³/mol. The van der Waals surface area contributed by atoms with Gasteiger partial charge in [-0.1, -0.05) is 26.2 Å². The molecule has 0 saturated heterocycles. The summed E-state index contributed by atoms with van der Waals surface area (Å²) in [6.45, 7) is 3.15. The van der Waals surface area contributed by atoms with Crippen molar-refractivity contribution in [1.82, 2.24) is 5.32 Å². The van der Waals surface area contributed by atoms with Crippen LogP contribution in [0.1, 0.15) is 58.3 Å². The van der Waals surface area contributed by atoms with Crippen LogP contribution in [-0.2, 0) is 0 Å². The van der Waals surface area contributed by atoms with Crippen molar-refractivity contribution in [3.05, 3.63) is 0 Å². The summed E-state index contributed by atoms with van der Waals surface area (Å²) in [6.07, 6.45) is 3.18. The average Bonchev–Trinajstić information content (AvgIpc) is 2.74. The zero-order valence-electron chi connectivity index (χ0n) is 11.2. The molecule has 0 amide bonds. The van der Waals surface area contributed by atoms with E-state index in [9.17, 15) is 13.2 Å². The molecule has 0 radical (unpaired) electrons. The van der Waals surface area contributed by atoms with Crippen molar-refractivity contribution in [2.24, 2.45) is 11.3 Å². The number of nitrogens with one attached hydrogen (secondary N) is 1. The van der Waals surface area contributed by atoms with E-state index in [-0.39, 0.29) is 12.5 Å². The van der Waals surface area contributed by atoms with Gasteiger partial charge in [0.15, 0.2) is 0 Å². The lowest BCUT2D eigenvalue weighted by Gasteiger charge is -2.34. The smallest absolute Gasteiger partial charge is 0.313 e. The standard InChI is InChI=1S/C14H24F3N/c1-13(7-2-3-8-13)10-18-12-6-4-5-11(9-12)14(15,16)17/h11-12,18H,2-10H2,1H3. The molecular formula is C14H24F3N. The van der Waals surface area contributed by atoms with Crippen LogP contribution in [0.4, 0.5) is 13.2 Å². The van der Waals surface area contributed by atoms with Gasteiger partial charge < -0.3 is 5.32 Å². The fourth-order valence-corrected chi connectivity index (χ4v) is 3.47. The van der Waals surface area contributed by atoms with E-state index in [1.165, 1.54) is 25.7 Å². The third-order valence-electron chi connectivity index (χ3n) is 4.77. The van der Waals surface area contributed by atoms with Gasteiger partial charge in [-0.15, -0.1) is 0 Å². The Balaban J connectivity index is 1.79. The molecule has 2 aliphatic rings. The van der Waals surface area contributed by atoms with E-state index in [4.69, 9.17) is 0 Å². The van der Waals surface area contributed by atoms with E-state index in [0.717, 1.165) is 13.0 Å². The molecule has 4 heteroatoms. The first-order chi connectivity index (χ1) is 8.39. The zero-order chi connectivity index (χ0) is 13.2. The molecule has 2 rings (SSSR count). The molecule has 0 aromatic carbocycles. The largest absolute Gasteiger partial charge is 0.391 e. The Hall–Kier alpha value is -0.250. The van der Waals surface area contributed by atoms with Crippen LogP contribution in [-0.4, -0.2) is 18.8 Å². The van der Waals surface area contributed by atoms with E-state index >= 15 is 0 Å². The Morgan fingerprint density at radius 2 is 1.78 bits per heavy atom. The summed E-state index contributed by atoms with van der Waals surface area (Å²) in [5, 5.41) is 3.41. The molecule has 0 aromatic rings. The zero-order valence-corrected chi connectivity index (χ0v) is 11.2. The van der Waals surface area contributed by atoms with Gasteiger partial charge in [0.1, 0.15) is 0 Å². The number of hydrogen-bond acceptors (Lipinski definition) is 1. The number of alkyl halides is 3. The highest BCUT2D eigenvalue weighted by Crippen LogP contribution is 2.39. The molecule has 18 heavy (non-hydrogen) atoms. The highest BCUT2D eigenvalue weighted by atomic mass is 19.4. The molecule has 0 spiro atoms. The predicted octanol–water partition coefficient (Wildman–Crippen LogP) is 4.28. The Morgan fingerprint density at radius 3 is 2.39 bits per heavy atom. The molecule has 0 bridgehead atoms. The summed E-state index contributed by atoms with van der Waals surface area (Å²) in [6, 6.07) is 0.0720. The molecule has 2 saturated carbocycles. The SMILES string of the molecule is CC1(CNC2CCCC(C(F)(F)F)C2)CCCC1. The lowest BCUT2D eigenvalue weighted by Crippen LogP contribution is -2.42. The van der Waals surface area contributed by atoms with Crippen molar-refractivity contribution < 1.29 is 13.2 Å². The molecule has 0 aliphatic heterocycles. The normalized spacial score (nSPS) is 32.7. The van der Waals surface area contributed by atoms with Crippen LogP contribution in [0.5, 0.6) is 0 Å². The summed E-state index contributed by atoms with van der Waals surface area (Å²) in [5.41, 5.74) is 0.325. The lowest BCUT2D eigenvalue weighted by molar-refractivity contribution is -0.183. The monoisotopic (exact) mass is 263 g/mol. The maximum Gasteiger partial charge on any atom is 0.391 e. The van der Waals surface area contributed by atoms with E-state index in [1.807, 2.05) is 0 Å². The Bertz CT molecular complexity index is 269. The minimum Gasteiger partial charge on any atom is -0.313 e. The molecular weight excluding hydrogens is 239 g/mol. The molecule has 1 nitrogen and oxygen atoms in total. The summed E-state index contributed by atoms with van der Waals surface area (Å²) in [4.78, 5) is 0. The van der Waals surface area contributed by atoms with Crippen LogP contribution in [0.15, 0.2) is 0 Å². The molecule has 106 valence electrons. The van der Waals surface area contributed by atoms with Gasteiger partial charge >= 0.3 is 6.18 Å². The lowest BCUT2D eigenvalue weighted by atomic mass is 9.83. The Kier molecular flexibility index (Phi) is 4.25. The second-order valence-corrected chi connectivity index (χ2v) is 6.50. The molecule has 2 fully saturated rings. The first-order valence-corrected chi connectivity index (χ1v) is 7.19. The molecule has 2 atom stereocenters. The highest BCUT2D eigenvalue weighted by Gasteiger charge is 2.42. The molecule has 1 N–H and O–H groups in total. The van der Waals surface area contributed by atoms with Crippen molar-refractivity contribution in [1.29, 1.82) is 0 Å². The first kappa shape index (κ1) is 14.2. The van der Waals surface area contributed by atoms with Gasteiger partial charge in [-0.3, -0.25) is 0 Å². The van der Waals surface area contributed by atoms with Crippen molar-refractivity contribution in [2.75, 3.05) is 6.54 Å². The van der Waals surface area contributed by atoms with E-state index < -0.39 is 12.1 Å². The minimum absolute atomic E-state index is 0.0720. The van der Waals surface area contributed by atoms with E-state index in [2.05, 4.69) is 12.2 Å². The summed E-state index contributed by atoms with van der Waals surface area (Å²) in [5.74, 6) is -1.08.